The molecule has 0 aliphatic carbocycles. The highest BCUT2D eigenvalue weighted by Gasteiger charge is 2.10. The molecule has 0 fully saturated rings. The number of nitrogens with zero attached hydrogens (tertiary/aromatic N) is 1. The van der Waals surface area contributed by atoms with Crippen LogP contribution >= 0.6 is 58.4 Å². The first kappa shape index (κ1) is 21.8. The number of halogens is 3. The van der Waals surface area contributed by atoms with Crippen LogP contribution in [0.2, 0.25) is 15.1 Å². The van der Waals surface area contributed by atoms with Crippen LogP contribution in [0.3, 0.4) is 0 Å². The molecule has 2 aromatic heterocycles. The Bertz CT molecular complexity index is 1330. The molecule has 0 spiro atoms. The standard InChI is InChI=1S/C21H12Cl3N3O2S2/c22-11-1-5-14(15(24)9-11)17-7-3-13(29-17)4-8-19(28)26-20(30)27-21-25-16-6-2-12(23)10-18(16)31-21/h1-10H,(H2,25,26,27,28,30)/b8-4+. The number of carbonyl (C=O) groups is 1. The van der Waals surface area contributed by atoms with E-state index < -0.39 is 5.91 Å². The minimum Gasteiger partial charge on any atom is -0.457 e. The maximum absolute atomic E-state index is 12.2. The number of benzene rings is 2. The van der Waals surface area contributed by atoms with E-state index >= 15 is 0 Å². The molecule has 0 aliphatic rings. The minimum absolute atomic E-state index is 0.132. The third-order valence-corrected chi connectivity index (χ3v) is 5.95. The molecule has 0 bridgehead atoms. The summed E-state index contributed by atoms with van der Waals surface area (Å²) in [4.78, 5) is 16.6. The van der Waals surface area contributed by atoms with E-state index in [4.69, 9.17) is 51.4 Å². The number of nitrogens with one attached hydrogen (secondary N) is 2. The maximum atomic E-state index is 12.2. The molecule has 0 aliphatic heterocycles. The number of hydrogen-bond acceptors (Lipinski definition) is 5. The monoisotopic (exact) mass is 507 g/mol. The fraction of sp³-hybridized carbons (Fsp3) is 0. The second kappa shape index (κ2) is 9.38. The first-order valence-corrected chi connectivity index (χ1v) is 11.1. The molecule has 5 nitrogen and oxygen atoms in total. The average Bonchev–Trinajstić information content (AvgIpc) is 3.32. The van der Waals surface area contributed by atoms with Crippen molar-refractivity contribution in [3.63, 3.8) is 0 Å². The summed E-state index contributed by atoms with van der Waals surface area (Å²) in [6.07, 6.45) is 2.85. The van der Waals surface area contributed by atoms with Gasteiger partial charge in [0.1, 0.15) is 11.5 Å². The van der Waals surface area contributed by atoms with Gasteiger partial charge >= 0.3 is 0 Å². The molecule has 10 heteroatoms. The predicted octanol–water partition coefficient (Wildman–Crippen LogP) is 7.04. The molecular weight excluding hydrogens is 497 g/mol. The number of thiocarbonyl (C=S) groups is 1. The van der Waals surface area contributed by atoms with Crippen LogP contribution in [0.15, 0.2) is 59.0 Å². The number of furan rings is 1. The third-order valence-electron chi connectivity index (χ3n) is 4.03. The first-order chi connectivity index (χ1) is 14.9. The van der Waals surface area contributed by atoms with Crippen molar-refractivity contribution >= 4 is 90.8 Å². The molecule has 31 heavy (non-hydrogen) atoms. The molecule has 4 aromatic rings. The van der Waals surface area contributed by atoms with Crippen molar-refractivity contribution in [2.75, 3.05) is 5.32 Å². The van der Waals surface area contributed by atoms with Gasteiger partial charge in [-0.2, -0.15) is 0 Å². The smallest absolute Gasteiger partial charge is 0.250 e. The molecule has 0 saturated carbocycles. The van der Waals surface area contributed by atoms with Gasteiger partial charge in [0.25, 0.3) is 0 Å². The van der Waals surface area contributed by atoms with Crippen LogP contribution in [0.4, 0.5) is 5.13 Å². The van der Waals surface area contributed by atoms with Gasteiger partial charge in [0.2, 0.25) is 5.91 Å². The number of aromatic nitrogens is 1. The number of carbonyl (C=O) groups excluding carboxylic acids is 1. The number of anilines is 1. The molecular formula is C21H12Cl3N3O2S2. The van der Waals surface area contributed by atoms with Crippen LogP contribution in [-0.4, -0.2) is 16.0 Å². The van der Waals surface area contributed by atoms with Crippen molar-refractivity contribution in [1.29, 1.82) is 0 Å². The van der Waals surface area contributed by atoms with Gasteiger partial charge in [-0.3, -0.25) is 10.1 Å². The SMILES string of the molecule is O=C(/C=C/c1ccc(-c2ccc(Cl)cc2Cl)o1)NC(=S)Nc1nc2ccc(Cl)cc2s1. The topological polar surface area (TPSA) is 67.2 Å². The largest absolute Gasteiger partial charge is 0.457 e. The van der Waals surface area contributed by atoms with Crippen molar-refractivity contribution in [2.24, 2.45) is 0 Å². The minimum atomic E-state index is -0.413. The molecule has 156 valence electrons. The number of hydrogen-bond donors (Lipinski definition) is 2. The van der Waals surface area contributed by atoms with Crippen LogP contribution in [0, 0.1) is 0 Å². The molecule has 0 saturated heterocycles. The van der Waals surface area contributed by atoms with Gasteiger partial charge in [0, 0.05) is 21.7 Å². The van der Waals surface area contributed by atoms with Crippen LogP contribution in [0.1, 0.15) is 5.76 Å². The zero-order chi connectivity index (χ0) is 22.0. The van der Waals surface area contributed by atoms with Crippen LogP contribution in [-0.2, 0) is 4.79 Å². The van der Waals surface area contributed by atoms with E-state index in [-0.39, 0.29) is 5.11 Å². The van der Waals surface area contributed by atoms with Gasteiger partial charge in [-0.15, -0.1) is 0 Å². The van der Waals surface area contributed by atoms with E-state index in [0.29, 0.717) is 37.3 Å². The Morgan fingerprint density at radius 2 is 1.84 bits per heavy atom. The van der Waals surface area contributed by atoms with E-state index in [9.17, 15) is 4.79 Å². The highest BCUT2D eigenvalue weighted by atomic mass is 35.5. The van der Waals surface area contributed by atoms with Gasteiger partial charge in [0.05, 0.1) is 15.2 Å². The summed E-state index contributed by atoms with van der Waals surface area (Å²) in [5.74, 6) is 0.636. The second-order valence-electron chi connectivity index (χ2n) is 6.23. The molecule has 2 N–H and O–H groups in total. The zero-order valence-corrected chi connectivity index (χ0v) is 19.4. The molecule has 0 unspecified atom stereocenters. The number of amides is 1. The second-order valence-corrected chi connectivity index (χ2v) is 8.95. The average molecular weight is 509 g/mol. The first-order valence-electron chi connectivity index (χ1n) is 8.79. The van der Waals surface area contributed by atoms with Gasteiger partial charge < -0.3 is 9.73 Å². The van der Waals surface area contributed by atoms with Crippen LogP contribution in [0.25, 0.3) is 27.6 Å². The number of fused-ring (bicyclic) bond motifs is 1. The molecule has 4 rings (SSSR count). The summed E-state index contributed by atoms with van der Waals surface area (Å²) >= 11 is 24.7. The fourth-order valence-electron chi connectivity index (χ4n) is 2.67. The van der Waals surface area contributed by atoms with Gasteiger partial charge in [-0.25, -0.2) is 4.98 Å². The third kappa shape index (κ3) is 5.44. The van der Waals surface area contributed by atoms with E-state index in [0.717, 1.165) is 10.2 Å². The van der Waals surface area contributed by atoms with Gasteiger partial charge in [-0.1, -0.05) is 46.1 Å². The summed E-state index contributed by atoms with van der Waals surface area (Å²) in [6, 6.07) is 14.0. The van der Waals surface area contributed by atoms with Crippen molar-refractivity contribution in [3.05, 3.63) is 75.4 Å². The summed E-state index contributed by atoms with van der Waals surface area (Å²) in [6.45, 7) is 0. The van der Waals surface area contributed by atoms with Crippen LogP contribution < -0.4 is 10.6 Å². The van der Waals surface area contributed by atoms with E-state index in [2.05, 4.69) is 15.6 Å². The van der Waals surface area contributed by atoms with Crippen LogP contribution in [0.5, 0.6) is 0 Å². The van der Waals surface area contributed by atoms with E-state index in [1.807, 2.05) is 12.1 Å². The summed E-state index contributed by atoms with van der Waals surface area (Å²) in [5.41, 5.74) is 1.50. The quantitative estimate of drug-likeness (QED) is 0.228. The Labute approximate surface area is 201 Å². The molecule has 0 atom stereocenters. The Morgan fingerprint density at radius 3 is 2.65 bits per heavy atom. The Hall–Kier alpha value is -2.42. The fourth-order valence-corrected chi connectivity index (χ4v) is 4.58. The summed E-state index contributed by atoms with van der Waals surface area (Å²) < 4.78 is 6.64. The molecule has 0 radical (unpaired) electrons. The maximum Gasteiger partial charge on any atom is 0.250 e. The van der Waals surface area contributed by atoms with Crippen molar-refractivity contribution < 1.29 is 9.21 Å². The predicted molar refractivity (Wildman–Crippen MR) is 132 cm³/mol. The summed E-state index contributed by atoms with van der Waals surface area (Å²) in [7, 11) is 0. The summed E-state index contributed by atoms with van der Waals surface area (Å²) in [5, 5.41) is 7.79. The Kier molecular flexibility index (Phi) is 6.60. The lowest BCUT2D eigenvalue weighted by atomic mass is 10.2. The van der Waals surface area contributed by atoms with Gasteiger partial charge in [-0.05, 0) is 66.8 Å². The molecule has 2 heterocycles. The highest BCUT2D eigenvalue weighted by molar-refractivity contribution is 7.80. The normalized spacial score (nSPS) is 11.2. The lowest BCUT2D eigenvalue weighted by molar-refractivity contribution is -0.115. The highest BCUT2D eigenvalue weighted by Crippen LogP contribution is 2.32. The molecule has 1 amide bonds. The zero-order valence-electron chi connectivity index (χ0n) is 15.5. The number of thiazole rings is 1. The molecule has 2 aromatic carbocycles. The van der Waals surface area contributed by atoms with E-state index in [1.54, 1.807) is 36.4 Å². The Balaban J connectivity index is 1.36. The number of rotatable bonds is 4. The van der Waals surface area contributed by atoms with E-state index in [1.165, 1.54) is 23.5 Å². The van der Waals surface area contributed by atoms with Crippen molar-refractivity contribution in [1.82, 2.24) is 10.3 Å². The lowest BCUT2D eigenvalue weighted by Gasteiger charge is -2.04. The Morgan fingerprint density at radius 1 is 1.06 bits per heavy atom. The lowest BCUT2D eigenvalue weighted by Crippen LogP contribution is -2.32. The van der Waals surface area contributed by atoms with Crippen molar-refractivity contribution in [2.45, 2.75) is 0 Å². The van der Waals surface area contributed by atoms with Gasteiger partial charge in [0.15, 0.2) is 10.2 Å². The van der Waals surface area contributed by atoms with Crippen molar-refractivity contribution in [3.8, 4) is 11.3 Å².